The summed E-state index contributed by atoms with van der Waals surface area (Å²) in [7, 11) is 0. The van der Waals surface area contributed by atoms with Crippen molar-refractivity contribution in [1.82, 2.24) is 5.32 Å². The van der Waals surface area contributed by atoms with E-state index in [1.165, 1.54) is 18.2 Å². The van der Waals surface area contributed by atoms with Crippen molar-refractivity contribution in [2.45, 2.75) is 27.2 Å². The molecule has 0 aliphatic carbocycles. The van der Waals surface area contributed by atoms with Gasteiger partial charge in [0.2, 0.25) is 0 Å². The summed E-state index contributed by atoms with van der Waals surface area (Å²) in [5.41, 5.74) is -0.0607. The number of hydrogen-bond donors (Lipinski definition) is 3. The van der Waals surface area contributed by atoms with Crippen LogP contribution in [0.3, 0.4) is 0 Å². The third kappa shape index (κ3) is 5.37. The predicted octanol–water partition coefficient (Wildman–Crippen LogP) is 3.68. The number of carbonyl (C=O) groups is 3. The highest BCUT2D eigenvalue weighted by atomic mass is 32.1. The van der Waals surface area contributed by atoms with Crippen molar-refractivity contribution < 1.29 is 23.9 Å². The lowest BCUT2D eigenvalue weighted by Crippen LogP contribution is -2.31. The largest absolute Gasteiger partial charge is 0.481 e. The minimum Gasteiger partial charge on any atom is -0.481 e. The number of carboxylic acid groups (broad SMARTS) is 1. The standard InChI is InChI=1S/C19H21FN2O4S/c1-11-9-14(22-16(23)12-5-4-6-13(20)10-12)27-15(11)17(24)21-8-7-19(2,3)18(25)26/h4-6,9-10H,7-8H2,1-3H3,(H,21,24)(H,22,23)(H,25,26). The highest BCUT2D eigenvalue weighted by Crippen LogP contribution is 2.27. The Balaban J connectivity index is 2.00. The molecule has 2 amide bonds. The fourth-order valence-corrected chi connectivity index (χ4v) is 3.24. The van der Waals surface area contributed by atoms with Crippen LogP contribution in [0.1, 0.15) is 45.9 Å². The SMILES string of the molecule is Cc1cc(NC(=O)c2cccc(F)c2)sc1C(=O)NCCC(C)(C)C(=O)O. The van der Waals surface area contributed by atoms with Crippen LogP contribution in [0.15, 0.2) is 30.3 Å². The average molecular weight is 392 g/mol. The maximum atomic E-state index is 13.2. The number of carboxylic acids is 1. The van der Waals surface area contributed by atoms with Gasteiger partial charge in [0.25, 0.3) is 11.8 Å². The summed E-state index contributed by atoms with van der Waals surface area (Å²) in [5.74, 6) is -2.23. The third-order valence-corrected chi connectivity index (χ3v) is 5.21. The number of aryl methyl sites for hydroxylation is 1. The van der Waals surface area contributed by atoms with Gasteiger partial charge in [-0.1, -0.05) is 6.07 Å². The van der Waals surface area contributed by atoms with Gasteiger partial charge in [-0.2, -0.15) is 0 Å². The molecular formula is C19H21FN2O4S. The average Bonchev–Trinajstić information content (AvgIpc) is 2.94. The molecule has 3 N–H and O–H groups in total. The lowest BCUT2D eigenvalue weighted by atomic mass is 9.90. The summed E-state index contributed by atoms with van der Waals surface area (Å²) in [5, 5.41) is 14.9. The maximum Gasteiger partial charge on any atom is 0.309 e. The molecule has 2 aromatic rings. The summed E-state index contributed by atoms with van der Waals surface area (Å²) in [4.78, 5) is 36.0. The summed E-state index contributed by atoms with van der Waals surface area (Å²) < 4.78 is 13.2. The maximum absolute atomic E-state index is 13.2. The molecule has 144 valence electrons. The molecule has 6 nitrogen and oxygen atoms in total. The number of rotatable bonds is 7. The minimum atomic E-state index is -0.929. The fraction of sp³-hybridized carbons (Fsp3) is 0.316. The number of aliphatic carboxylic acids is 1. The van der Waals surface area contributed by atoms with E-state index in [-0.39, 0.29) is 18.0 Å². The molecule has 0 spiro atoms. The molecule has 0 radical (unpaired) electrons. The highest BCUT2D eigenvalue weighted by molar-refractivity contribution is 7.18. The molecule has 0 bridgehead atoms. The van der Waals surface area contributed by atoms with Crippen molar-refractivity contribution in [2.75, 3.05) is 11.9 Å². The number of carbonyl (C=O) groups excluding carboxylic acids is 2. The number of nitrogens with one attached hydrogen (secondary N) is 2. The molecule has 1 aromatic heterocycles. The van der Waals surface area contributed by atoms with Crippen molar-refractivity contribution in [3.05, 3.63) is 52.2 Å². The second-order valence-electron chi connectivity index (χ2n) is 6.78. The van der Waals surface area contributed by atoms with E-state index in [9.17, 15) is 18.8 Å². The molecule has 0 aliphatic rings. The molecule has 2 rings (SSSR count). The van der Waals surface area contributed by atoms with Gasteiger partial charge in [0, 0.05) is 12.1 Å². The minimum absolute atomic E-state index is 0.183. The van der Waals surface area contributed by atoms with Gasteiger partial charge in [-0.3, -0.25) is 14.4 Å². The van der Waals surface area contributed by atoms with Crippen molar-refractivity contribution in [3.63, 3.8) is 0 Å². The lowest BCUT2D eigenvalue weighted by Gasteiger charge is -2.18. The molecule has 0 aliphatic heterocycles. The first-order valence-corrected chi connectivity index (χ1v) is 9.11. The van der Waals surface area contributed by atoms with E-state index in [1.807, 2.05) is 0 Å². The monoisotopic (exact) mass is 392 g/mol. The molecule has 1 aromatic carbocycles. The first-order chi connectivity index (χ1) is 12.6. The van der Waals surface area contributed by atoms with E-state index in [1.54, 1.807) is 26.8 Å². The van der Waals surface area contributed by atoms with Crippen LogP contribution >= 0.6 is 11.3 Å². The molecule has 0 saturated carbocycles. The summed E-state index contributed by atoms with van der Waals surface area (Å²) in [6, 6.07) is 6.99. The topological polar surface area (TPSA) is 95.5 Å². The molecule has 1 heterocycles. The van der Waals surface area contributed by atoms with Crippen LogP contribution in [0.5, 0.6) is 0 Å². The smallest absolute Gasteiger partial charge is 0.309 e. The van der Waals surface area contributed by atoms with Crippen LogP contribution in [-0.4, -0.2) is 29.4 Å². The van der Waals surface area contributed by atoms with Gasteiger partial charge in [-0.25, -0.2) is 4.39 Å². The fourth-order valence-electron chi connectivity index (χ4n) is 2.26. The van der Waals surface area contributed by atoms with Crippen molar-refractivity contribution in [3.8, 4) is 0 Å². The first-order valence-electron chi connectivity index (χ1n) is 8.29. The molecule has 8 heteroatoms. The number of benzene rings is 1. The van der Waals surface area contributed by atoms with Crippen LogP contribution in [0.2, 0.25) is 0 Å². The van der Waals surface area contributed by atoms with Crippen LogP contribution in [0.4, 0.5) is 9.39 Å². The van der Waals surface area contributed by atoms with Crippen molar-refractivity contribution in [1.29, 1.82) is 0 Å². The Bertz CT molecular complexity index is 876. The van der Waals surface area contributed by atoms with Crippen molar-refractivity contribution in [2.24, 2.45) is 5.41 Å². The highest BCUT2D eigenvalue weighted by Gasteiger charge is 2.27. The Labute approximate surface area is 160 Å². The van der Waals surface area contributed by atoms with Gasteiger partial charge in [0.05, 0.1) is 15.3 Å². The summed E-state index contributed by atoms with van der Waals surface area (Å²) in [6.07, 6.45) is 0.293. The first kappa shape index (κ1) is 20.6. The van der Waals surface area contributed by atoms with Gasteiger partial charge in [0.1, 0.15) is 5.82 Å². The zero-order valence-electron chi connectivity index (χ0n) is 15.3. The molecule has 27 heavy (non-hydrogen) atoms. The quantitative estimate of drug-likeness (QED) is 0.670. The predicted molar refractivity (Wildman–Crippen MR) is 102 cm³/mol. The third-order valence-electron chi connectivity index (χ3n) is 4.06. The second kappa shape index (κ2) is 8.30. The Morgan fingerprint density at radius 1 is 1.19 bits per heavy atom. The van der Waals surface area contributed by atoms with Crippen LogP contribution in [-0.2, 0) is 4.79 Å². The van der Waals surface area contributed by atoms with Gasteiger partial charge < -0.3 is 15.7 Å². The summed E-state index contributed by atoms with van der Waals surface area (Å²) in [6.45, 7) is 5.15. The normalized spacial score (nSPS) is 11.1. The lowest BCUT2D eigenvalue weighted by molar-refractivity contribution is -0.147. The number of halogens is 1. The number of thiophene rings is 1. The van der Waals surface area contributed by atoms with Crippen LogP contribution < -0.4 is 10.6 Å². The number of amides is 2. The number of anilines is 1. The van der Waals surface area contributed by atoms with E-state index in [0.717, 1.165) is 17.4 Å². The van der Waals surface area contributed by atoms with Gasteiger partial charge >= 0.3 is 5.97 Å². The Kier molecular flexibility index (Phi) is 6.32. The molecule has 0 fully saturated rings. The van der Waals surface area contributed by atoms with Gasteiger partial charge in [0.15, 0.2) is 0 Å². The van der Waals surface area contributed by atoms with E-state index >= 15 is 0 Å². The Morgan fingerprint density at radius 2 is 1.89 bits per heavy atom. The van der Waals surface area contributed by atoms with E-state index < -0.39 is 23.1 Å². The van der Waals surface area contributed by atoms with Gasteiger partial charge in [-0.05, 0) is 57.0 Å². The summed E-state index contributed by atoms with van der Waals surface area (Å²) >= 11 is 1.10. The van der Waals surface area contributed by atoms with Crippen molar-refractivity contribution >= 4 is 34.1 Å². The number of hydrogen-bond acceptors (Lipinski definition) is 4. The molecule has 0 unspecified atom stereocenters. The van der Waals surface area contributed by atoms with Crippen LogP contribution in [0, 0.1) is 18.2 Å². The van der Waals surface area contributed by atoms with Crippen LogP contribution in [0.25, 0.3) is 0 Å². The molecule has 0 saturated heterocycles. The Morgan fingerprint density at radius 3 is 2.52 bits per heavy atom. The van der Waals surface area contributed by atoms with E-state index in [0.29, 0.717) is 21.9 Å². The van der Waals surface area contributed by atoms with E-state index in [2.05, 4.69) is 10.6 Å². The van der Waals surface area contributed by atoms with E-state index in [4.69, 9.17) is 5.11 Å². The second-order valence-corrected chi connectivity index (χ2v) is 7.83. The Hall–Kier alpha value is -2.74. The molecular weight excluding hydrogens is 371 g/mol. The van der Waals surface area contributed by atoms with Gasteiger partial charge in [-0.15, -0.1) is 11.3 Å². The zero-order valence-corrected chi connectivity index (χ0v) is 16.1. The molecule has 0 atom stereocenters. The zero-order chi connectivity index (χ0) is 20.2.